The zero-order valence-electron chi connectivity index (χ0n) is 18.3. The quantitative estimate of drug-likeness (QED) is 0.387. The summed E-state index contributed by atoms with van der Waals surface area (Å²) in [6.45, 7) is 3.51. The first-order chi connectivity index (χ1) is 15.6. The van der Waals surface area contributed by atoms with Gasteiger partial charge in [0, 0.05) is 7.05 Å². The Balaban J connectivity index is 1.62. The Bertz CT molecular complexity index is 1270. The number of hydrogen-bond acceptors (Lipinski definition) is 5. The number of carbonyl (C=O) groups excluding carboxylic acids is 1. The highest BCUT2D eigenvalue weighted by Gasteiger charge is 2.22. The van der Waals surface area contributed by atoms with Gasteiger partial charge in [0.15, 0.2) is 0 Å². The van der Waals surface area contributed by atoms with E-state index in [4.69, 9.17) is 11.6 Å². The zero-order chi connectivity index (χ0) is 24.2. The van der Waals surface area contributed by atoms with Crippen molar-refractivity contribution in [3.05, 3.63) is 81.9 Å². The Kier molecular flexibility index (Phi) is 7.62. The van der Waals surface area contributed by atoms with Gasteiger partial charge >= 0.3 is 0 Å². The maximum absolute atomic E-state index is 13.1. The topological polar surface area (TPSA) is 96.7 Å². The van der Waals surface area contributed by atoms with E-state index in [0.717, 1.165) is 15.4 Å². The Morgan fingerprint density at radius 2 is 1.82 bits per heavy atom. The highest BCUT2D eigenvalue weighted by molar-refractivity contribution is 7.89. The van der Waals surface area contributed by atoms with Crippen LogP contribution in [-0.2, 0) is 21.4 Å². The standard InChI is InChI=1S/C22H23ClFN5O3S/c1-15-4-10-19(11-5-15)33(31,32)28(3)14-21(30)26-25-12-20-16(2)27-29(22(20)23)13-17-6-8-18(24)9-7-17/h4-12H,13-14H2,1-3H3,(H,26,30)/b25-12+. The number of aryl methyl sites for hydroxylation is 2. The molecular weight excluding hydrogens is 469 g/mol. The minimum atomic E-state index is -3.81. The van der Waals surface area contributed by atoms with E-state index in [2.05, 4.69) is 15.6 Å². The number of halogens is 2. The number of hydrazone groups is 1. The summed E-state index contributed by atoms with van der Waals surface area (Å²) in [5, 5.41) is 8.53. The van der Waals surface area contributed by atoms with Crippen LogP contribution < -0.4 is 5.43 Å². The number of likely N-dealkylation sites (N-methyl/N-ethyl adjacent to an activating group) is 1. The SMILES string of the molecule is Cc1ccc(S(=O)(=O)N(C)CC(=O)N/N=C/c2c(C)nn(Cc3ccc(F)cc3)c2Cl)cc1. The van der Waals surface area contributed by atoms with Crippen LogP contribution in [-0.4, -0.2) is 48.2 Å². The fourth-order valence-electron chi connectivity index (χ4n) is 2.96. The summed E-state index contributed by atoms with van der Waals surface area (Å²) < 4.78 is 40.8. The number of rotatable bonds is 8. The van der Waals surface area contributed by atoms with Gasteiger partial charge in [-0.15, -0.1) is 0 Å². The summed E-state index contributed by atoms with van der Waals surface area (Å²) in [6.07, 6.45) is 1.35. The fraction of sp³-hybridized carbons (Fsp3) is 0.227. The van der Waals surface area contributed by atoms with Gasteiger partial charge in [-0.1, -0.05) is 41.4 Å². The molecule has 33 heavy (non-hydrogen) atoms. The number of nitrogens with zero attached hydrogens (tertiary/aromatic N) is 4. The molecule has 0 bridgehead atoms. The third-order valence-electron chi connectivity index (χ3n) is 4.83. The molecule has 0 atom stereocenters. The maximum atomic E-state index is 13.1. The van der Waals surface area contributed by atoms with Crippen LogP contribution in [0.3, 0.4) is 0 Å². The van der Waals surface area contributed by atoms with E-state index in [9.17, 15) is 17.6 Å². The minimum Gasteiger partial charge on any atom is -0.272 e. The molecule has 0 unspecified atom stereocenters. The number of benzene rings is 2. The molecule has 0 saturated carbocycles. The van der Waals surface area contributed by atoms with Crippen LogP contribution >= 0.6 is 11.6 Å². The summed E-state index contributed by atoms with van der Waals surface area (Å²) in [7, 11) is -2.49. The lowest BCUT2D eigenvalue weighted by atomic mass is 10.2. The highest BCUT2D eigenvalue weighted by Crippen LogP contribution is 2.19. The van der Waals surface area contributed by atoms with Crippen molar-refractivity contribution in [3.8, 4) is 0 Å². The second kappa shape index (κ2) is 10.2. The molecule has 1 amide bonds. The minimum absolute atomic E-state index is 0.0999. The zero-order valence-corrected chi connectivity index (χ0v) is 19.9. The maximum Gasteiger partial charge on any atom is 0.255 e. The molecular formula is C22H23ClFN5O3S. The Hall–Kier alpha value is -3.08. The number of sulfonamides is 1. The Morgan fingerprint density at radius 3 is 2.45 bits per heavy atom. The van der Waals surface area contributed by atoms with E-state index in [1.54, 1.807) is 31.2 Å². The molecule has 0 spiro atoms. The molecule has 8 nitrogen and oxygen atoms in total. The second-order valence-electron chi connectivity index (χ2n) is 7.44. The number of carbonyl (C=O) groups is 1. The van der Waals surface area contributed by atoms with Crippen LogP contribution in [0, 0.1) is 19.7 Å². The number of nitrogens with one attached hydrogen (secondary N) is 1. The van der Waals surface area contributed by atoms with Gasteiger partial charge in [0.2, 0.25) is 10.0 Å². The van der Waals surface area contributed by atoms with Crippen molar-refractivity contribution in [1.29, 1.82) is 0 Å². The van der Waals surface area contributed by atoms with Gasteiger partial charge in [0.05, 0.1) is 35.5 Å². The number of amides is 1. The third-order valence-corrected chi connectivity index (χ3v) is 7.05. The van der Waals surface area contributed by atoms with E-state index in [1.165, 1.54) is 42.2 Å². The van der Waals surface area contributed by atoms with Crippen molar-refractivity contribution >= 4 is 33.7 Å². The normalized spacial score (nSPS) is 11.9. The fourth-order valence-corrected chi connectivity index (χ4v) is 4.37. The summed E-state index contributed by atoms with van der Waals surface area (Å²) in [5.41, 5.74) is 5.13. The molecule has 3 aromatic rings. The van der Waals surface area contributed by atoms with Gasteiger partial charge in [-0.2, -0.15) is 14.5 Å². The Morgan fingerprint density at radius 1 is 1.18 bits per heavy atom. The van der Waals surface area contributed by atoms with E-state index < -0.39 is 22.5 Å². The van der Waals surface area contributed by atoms with E-state index in [0.29, 0.717) is 23.0 Å². The van der Waals surface area contributed by atoms with Crippen molar-refractivity contribution < 1.29 is 17.6 Å². The molecule has 11 heteroatoms. The monoisotopic (exact) mass is 491 g/mol. The van der Waals surface area contributed by atoms with Crippen LogP contribution in [0.5, 0.6) is 0 Å². The lowest BCUT2D eigenvalue weighted by molar-refractivity contribution is -0.121. The molecule has 1 heterocycles. The predicted molar refractivity (Wildman–Crippen MR) is 124 cm³/mol. The van der Waals surface area contributed by atoms with Gasteiger partial charge in [-0.25, -0.2) is 22.9 Å². The summed E-state index contributed by atoms with van der Waals surface area (Å²) in [6, 6.07) is 12.3. The summed E-state index contributed by atoms with van der Waals surface area (Å²) >= 11 is 6.38. The van der Waals surface area contributed by atoms with E-state index in [1.807, 2.05) is 6.92 Å². The van der Waals surface area contributed by atoms with Crippen LogP contribution in [0.2, 0.25) is 5.15 Å². The summed E-state index contributed by atoms with van der Waals surface area (Å²) in [5.74, 6) is -0.945. The van der Waals surface area contributed by atoms with Gasteiger partial charge in [-0.05, 0) is 43.7 Å². The highest BCUT2D eigenvalue weighted by atomic mass is 35.5. The Labute approximate surface area is 196 Å². The molecule has 0 saturated heterocycles. The number of hydrogen-bond donors (Lipinski definition) is 1. The predicted octanol–water partition coefficient (Wildman–Crippen LogP) is 3.11. The van der Waals surface area contributed by atoms with Gasteiger partial charge in [0.25, 0.3) is 5.91 Å². The first-order valence-corrected chi connectivity index (χ1v) is 11.7. The number of aromatic nitrogens is 2. The van der Waals surface area contributed by atoms with Crippen LogP contribution in [0.1, 0.15) is 22.4 Å². The molecule has 1 aromatic heterocycles. The van der Waals surface area contributed by atoms with Crippen LogP contribution in [0.25, 0.3) is 0 Å². The van der Waals surface area contributed by atoms with Gasteiger partial charge < -0.3 is 0 Å². The van der Waals surface area contributed by atoms with E-state index >= 15 is 0 Å². The van der Waals surface area contributed by atoms with E-state index in [-0.39, 0.29) is 10.7 Å². The molecule has 0 aliphatic carbocycles. The molecule has 1 N–H and O–H groups in total. The molecule has 0 aliphatic heterocycles. The molecule has 0 radical (unpaired) electrons. The van der Waals surface area contributed by atoms with Crippen LogP contribution in [0.15, 0.2) is 58.5 Å². The average Bonchev–Trinajstić information content (AvgIpc) is 3.03. The largest absolute Gasteiger partial charge is 0.272 e. The second-order valence-corrected chi connectivity index (χ2v) is 9.84. The first-order valence-electron chi connectivity index (χ1n) is 9.90. The molecule has 0 fully saturated rings. The van der Waals surface area contributed by atoms with Gasteiger partial charge in [0.1, 0.15) is 11.0 Å². The van der Waals surface area contributed by atoms with Crippen molar-refractivity contribution in [1.82, 2.24) is 19.5 Å². The average molecular weight is 492 g/mol. The molecule has 174 valence electrons. The lowest BCUT2D eigenvalue weighted by Gasteiger charge is -2.16. The first kappa shape index (κ1) is 24.6. The summed E-state index contributed by atoms with van der Waals surface area (Å²) in [4.78, 5) is 12.3. The van der Waals surface area contributed by atoms with Crippen molar-refractivity contribution in [2.75, 3.05) is 13.6 Å². The van der Waals surface area contributed by atoms with Crippen molar-refractivity contribution in [2.24, 2.45) is 5.10 Å². The smallest absolute Gasteiger partial charge is 0.255 e. The molecule has 2 aromatic carbocycles. The third kappa shape index (κ3) is 6.04. The van der Waals surface area contributed by atoms with Crippen molar-refractivity contribution in [2.45, 2.75) is 25.3 Å². The van der Waals surface area contributed by atoms with Gasteiger partial charge in [-0.3, -0.25) is 4.79 Å². The van der Waals surface area contributed by atoms with Crippen molar-refractivity contribution in [3.63, 3.8) is 0 Å². The van der Waals surface area contributed by atoms with Crippen LogP contribution in [0.4, 0.5) is 4.39 Å². The molecule has 3 rings (SSSR count). The lowest BCUT2D eigenvalue weighted by Crippen LogP contribution is -2.36. The molecule has 0 aliphatic rings.